The first-order chi connectivity index (χ1) is 10.6. The number of carbonyl (C=O) groups is 2. The molecule has 0 unspecified atom stereocenters. The van der Waals surface area contributed by atoms with E-state index in [2.05, 4.69) is 5.32 Å². The van der Waals surface area contributed by atoms with Gasteiger partial charge in [-0.25, -0.2) is 0 Å². The molecule has 1 aromatic carbocycles. The Bertz CT molecular complexity index is 544. The second kappa shape index (κ2) is 7.89. The number of hydrogen-bond donors (Lipinski definition) is 2. The lowest BCUT2D eigenvalue weighted by molar-refractivity contribution is -0.121. The summed E-state index contributed by atoms with van der Waals surface area (Å²) in [6, 6.07) is 10.0. The molecule has 118 valence electrons. The van der Waals surface area contributed by atoms with Crippen LogP contribution >= 0.6 is 12.2 Å². The van der Waals surface area contributed by atoms with Crippen LogP contribution in [0.25, 0.3) is 0 Å². The quantitative estimate of drug-likeness (QED) is 0.741. The van der Waals surface area contributed by atoms with Crippen LogP contribution in [0, 0.1) is 5.92 Å². The van der Waals surface area contributed by atoms with Crippen molar-refractivity contribution >= 4 is 29.1 Å². The summed E-state index contributed by atoms with van der Waals surface area (Å²) in [5.41, 5.74) is 6.39. The molecule has 0 aliphatic heterocycles. The number of hydrogen-bond acceptors (Lipinski definition) is 3. The summed E-state index contributed by atoms with van der Waals surface area (Å²) in [7, 11) is 0. The molecule has 0 bridgehead atoms. The van der Waals surface area contributed by atoms with Crippen LogP contribution in [0.2, 0.25) is 0 Å². The summed E-state index contributed by atoms with van der Waals surface area (Å²) in [5, 5.41) is 3.15. The maximum Gasteiger partial charge on any atom is 0.229 e. The van der Waals surface area contributed by atoms with Crippen LogP contribution in [-0.2, 0) is 16.0 Å². The fraction of sp³-hybridized carbons (Fsp3) is 0.438. The Kier molecular flexibility index (Phi) is 5.89. The molecule has 6 heteroatoms. The van der Waals surface area contributed by atoms with Crippen LogP contribution in [0.3, 0.4) is 0 Å². The van der Waals surface area contributed by atoms with Crippen molar-refractivity contribution in [3.63, 3.8) is 0 Å². The van der Waals surface area contributed by atoms with E-state index < -0.39 is 0 Å². The summed E-state index contributed by atoms with van der Waals surface area (Å²) >= 11 is 5.31. The molecule has 0 spiro atoms. The third-order valence-corrected chi connectivity index (χ3v) is 3.97. The number of thiocarbonyl (C=S) groups is 1. The summed E-state index contributed by atoms with van der Waals surface area (Å²) in [6.07, 6.45) is 2.87. The van der Waals surface area contributed by atoms with Gasteiger partial charge >= 0.3 is 0 Å². The molecule has 1 aromatic rings. The zero-order valence-electron chi connectivity index (χ0n) is 12.5. The molecule has 0 saturated heterocycles. The molecule has 1 aliphatic carbocycles. The molecule has 1 aliphatic rings. The van der Waals surface area contributed by atoms with Crippen LogP contribution in [0.15, 0.2) is 30.3 Å². The summed E-state index contributed by atoms with van der Waals surface area (Å²) in [4.78, 5) is 24.7. The first-order valence-corrected chi connectivity index (χ1v) is 7.89. The lowest BCUT2D eigenvalue weighted by Gasteiger charge is -2.25. The van der Waals surface area contributed by atoms with Crippen LogP contribution in [0.5, 0.6) is 0 Å². The second-order valence-corrected chi connectivity index (χ2v) is 5.89. The molecule has 1 saturated carbocycles. The third-order valence-electron chi connectivity index (χ3n) is 3.61. The van der Waals surface area contributed by atoms with Gasteiger partial charge in [0.25, 0.3) is 0 Å². The van der Waals surface area contributed by atoms with E-state index in [1.54, 1.807) is 0 Å². The van der Waals surface area contributed by atoms with Gasteiger partial charge in [0.15, 0.2) is 5.11 Å². The van der Waals surface area contributed by atoms with Gasteiger partial charge < -0.3 is 16.0 Å². The van der Waals surface area contributed by atoms with Crippen LogP contribution < -0.4 is 11.1 Å². The summed E-state index contributed by atoms with van der Waals surface area (Å²) in [5.74, 6) is -0.292. The number of rotatable bonds is 7. The smallest absolute Gasteiger partial charge is 0.229 e. The van der Waals surface area contributed by atoms with Crippen molar-refractivity contribution in [3.8, 4) is 0 Å². The molecule has 2 rings (SSSR count). The minimum Gasteiger partial charge on any atom is -0.370 e. The van der Waals surface area contributed by atoms with Crippen molar-refractivity contribution in [1.82, 2.24) is 10.2 Å². The lowest BCUT2D eigenvalue weighted by atomic mass is 10.1. The molecule has 0 atom stereocenters. The number of carbonyl (C=O) groups excluding carboxylic acids is 2. The van der Waals surface area contributed by atoms with Crippen LogP contribution in [0.1, 0.15) is 24.8 Å². The van der Waals surface area contributed by atoms with Crippen molar-refractivity contribution in [2.45, 2.75) is 25.7 Å². The van der Waals surface area contributed by atoms with Gasteiger partial charge in [-0.3, -0.25) is 9.59 Å². The van der Waals surface area contributed by atoms with Gasteiger partial charge in [0, 0.05) is 25.4 Å². The highest BCUT2D eigenvalue weighted by molar-refractivity contribution is 7.80. The maximum atomic E-state index is 11.8. The van der Waals surface area contributed by atoms with Gasteiger partial charge in [0.1, 0.15) is 0 Å². The lowest BCUT2D eigenvalue weighted by Crippen LogP contribution is -2.45. The molecular weight excluding hydrogens is 298 g/mol. The average molecular weight is 319 g/mol. The number of nitrogens with one attached hydrogen (secondary N) is 1. The fourth-order valence-electron chi connectivity index (χ4n) is 2.10. The Labute approximate surface area is 135 Å². The molecule has 0 heterocycles. The Hall–Kier alpha value is -1.95. The van der Waals surface area contributed by atoms with E-state index in [0.29, 0.717) is 18.2 Å². The van der Waals surface area contributed by atoms with Gasteiger partial charge in [0.05, 0.1) is 0 Å². The zero-order chi connectivity index (χ0) is 15.9. The highest BCUT2D eigenvalue weighted by Crippen LogP contribution is 2.28. The predicted octanol–water partition coefficient (Wildman–Crippen LogP) is 1.22. The van der Waals surface area contributed by atoms with Gasteiger partial charge in [-0.15, -0.1) is 0 Å². The number of primary amides is 1. The molecule has 5 nitrogen and oxygen atoms in total. The topological polar surface area (TPSA) is 75.4 Å². The third kappa shape index (κ3) is 5.44. The van der Waals surface area contributed by atoms with Gasteiger partial charge in [-0.05, 0) is 37.0 Å². The fourth-order valence-corrected chi connectivity index (χ4v) is 2.38. The predicted molar refractivity (Wildman–Crippen MR) is 89.0 cm³/mol. The van der Waals surface area contributed by atoms with Gasteiger partial charge in [0.2, 0.25) is 11.8 Å². The van der Waals surface area contributed by atoms with Crippen LogP contribution in [-0.4, -0.2) is 34.9 Å². The first-order valence-electron chi connectivity index (χ1n) is 7.48. The van der Waals surface area contributed by atoms with Crippen molar-refractivity contribution in [1.29, 1.82) is 0 Å². The van der Waals surface area contributed by atoms with E-state index >= 15 is 0 Å². The van der Waals surface area contributed by atoms with Gasteiger partial charge in [-0.1, -0.05) is 30.3 Å². The molecule has 2 amide bonds. The Morgan fingerprint density at radius 3 is 2.50 bits per heavy atom. The van der Waals surface area contributed by atoms with E-state index in [-0.39, 0.29) is 24.2 Å². The van der Waals surface area contributed by atoms with E-state index in [1.807, 2.05) is 35.2 Å². The second-order valence-electron chi connectivity index (χ2n) is 5.51. The molecule has 1 fully saturated rings. The largest absolute Gasteiger partial charge is 0.370 e. The standard InChI is InChI=1S/C16H21N3O2S/c17-14(20)9-11-19(10-8-12-4-2-1-3-5-12)16(22)18-15(21)13-6-7-13/h1-5,13H,6-11H2,(H2,17,20)(H,18,21,22). The number of nitrogens with zero attached hydrogens (tertiary/aromatic N) is 1. The van der Waals surface area contributed by atoms with Gasteiger partial charge in [-0.2, -0.15) is 0 Å². The molecular formula is C16H21N3O2S. The minimum atomic E-state index is -0.374. The van der Waals surface area contributed by atoms with Crippen LogP contribution in [0.4, 0.5) is 0 Å². The van der Waals surface area contributed by atoms with E-state index in [0.717, 1.165) is 19.3 Å². The van der Waals surface area contributed by atoms with E-state index in [4.69, 9.17) is 18.0 Å². The maximum absolute atomic E-state index is 11.8. The Balaban J connectivity index is 1.90. The molecule has 0 radical (unpaired) electrons. The van der Waals surface area contributed by atoms with Crippen molar-refractivity contribution in [3.05, 3.63) is 35.9 Å². The van der Waals surface area contributed by atoms with Crippen molar-refractivity contribution < 1.29 is 9.59 Å². The van der Waals surface area contributed by atoms with Crippen molar-refractivity contribution in [2.75, 3.05) is 13.1 Å². The molecule has 3 N–H and O–H groups in total. The zero-order valence-corrected chi connectivity index (χ0v) is 13.3. The Morgan fingerprint density at radius 1 is 1.23 bits per heavy atom. The van der Waals surface area contributed by atoms with E-state index in [9.17, 15) is 9.59 Å². The summed E-state index contributed by atoms with van der Waals surface area (Å²) < 4.78 is 0. The highest BCUT2D eigenvalue weighted by Gasteiger charge is 2.30. The van der Waals surface area contributed by atoms with Crippen molar-refractivity contribution in [2.24, 2.45) is 11.7 Å². The average Bonchev–Trinajstić information content (AvgIpc) is 3.32. The summed E-state index contributed by atoms with van der Waals surface area (Å²) in [6.45, 7) is 1.06. The molecule has 22 heavy (non-hydrogen) atoms. The SMILES string of the molecule is NC(=O)CCN(CCc1ccccc1)C(=S)NC(=O)C1CC1. The highest BCUT2D eigenvalue weighted by atomic mass is 32.1. The normalized spacial score (nSPS) is 13.5. The molecule has 0 aromatic heterocycles. The monoisotopic (exact) mass is 319 g/mol. The minimum absolute atomic E-state index is 0.0196. The first kappa shape index (κ1) is 16.4. The number of benzene rings is 1. The number of nitrogens with two attached hydrogens (primary N) is 1. The Morgan fingerprint density at radius 2 is 1.91 bits per heavy atom. The number of amides is 2. The van der Waals surface area contributed by atoms with E-state index in [1.165, 1.54) is 5.56 Å².